The van der Waals surface area contributed by atoms with Gasteiger partial charge in [-0.15, -0.1) is 0 Å². The minimum Gasteiger partial charge on any atom is -0.311 e. The van der Waals surface area contributed by atoms with E-state index < -0.39 is 0 Å². The molecule has 2 heterocycles. The van der Waals surface area contributed by atoms with Crippen LogP contribution >= 0.6 is 0 Å². The second kappa shape index (κ2) is 14.9. The molecule has 6 aromatic carbocycles. The predicted octanol–water partition coefficient (Wildman–Crippen LogP) is 11.7. The van der Waals surface area contributed by atoms with Crippen LogP contribution in [0.4, 0.5) is 34.1 Å². The Hall–Kier alpha value is -6.66. The molecule has 6 nitrogen and oxygen atoms in total. The number of likely N-dealkylation sites (N-methyl/N-ethyl adjacent to an activating group) is 2. The van der Waals surface area contributed by atoms with Gasteiger partial charge >= 0.3 is 0 Å². The molecule has 2 aliphatic rings. The van der Waals surface area contributed by atoms with Crippen LogP contribution in [-0.2, 0) is 9.59 Å². The summed E-state index contributed by atoms with van der Waals surface area (Å²) < 4.78 is 0. The second-order valence-corrected chi connectivity index (χ2v) is 14.7. The van der Waals surface area contributed by atoms with Gasteiger partial charge in [0.1, 0.15) is 0 Å². The zero-order valence-electron chi connectivity index (χ0n) is 32.9. The topological polar surface area (TPSA) is 47.1 Å². The Labute approximate surface area is 330 Å². The van der Waals surface area contributed by atoms with Crippen LogP contribution in [0.1, 0.15) is 47.2 Å². The number of fused-ring (bicyclic) bond motifs is 1. The molecule has 0 aliphatic carbocycles. The van der Waals surface area contributed by atoms with Gasteiger partial charge in [-0.05, 0) is 125 Å². The van der Waals surface area contributed by atoms with Gasteiger partial charge in [-0.3, -0.25) is 9.59 Å². The van der Waals surface area contributed by atoms with Crippen molar-refractivity contribution in [2.75, 3.05) is 22.9 Å². The number of rotatable bonds is 10. The number of carbonyl (C=O) groups is 2. The van der Waals surface area contributed by atoms with E-state index in [4.69, 9.17) is 0 Å². The van der Waals surface area contributed by atoms with Crippen molar-refractivity contribution in [3.05, 3.63) is 190 Å². The second-order valence-electron chi connectivity index (χ2n) is 14.7. The zero-order valence-corrected chi connectivity index (χ0v) is 32.9. The lowest BCUT2D eigenvalue weighted by atomic mass is 10.0. The van der Waals surface area contributed by atoms with Gasteiger partial charge in [0.15, 0.2) is 0 Å². The Morgan fingerprint density at radius 1 is 0.357 bits per heavy atom. The van der Waals surface area contributed by atoms with E-state index in [2.05, 4.69) is 159 Å². The molecule has 278 valence electrons. The minimum absolute atomic E-state index is 0.146. The zero-order chi connectivity index (χ0) is 39.1. The van der Waals surface area contributed by atoms with Gasteiger partial charge in [0.25, 0.3) is 11.8 Å². The number of benzene rings is 6. The summed E-state index contributed by atoms with van der Waals surface area (Å²) in [6.07, 6.45) is 0. The van der Waals surface area contributed by atoms with E-state index in [9.17, 15) is 9.59 Å². The molecule has 8 rings (SSSR count). The molecule has 0 N–H and O–H groups in total. The van der Waals surface area contributed by atoms with Gasteiger partial charge in [-0.25, -0.2) is 0 Å². The van der Waals surface area contributed by atoms with Crippen LogP contribution in [0.3, 0.4) is 0 Å². The highest BCUT2D eigenvalue weighted by molar-refractivity contribution is 6.30. The molecule has 0 aromatic heterocycles. The number of aryl methyl sites for hydroxylation is 4. The molecular formula is C50H46N4O2. The van der Waals surface area contributed by atoms with Gasteiger partial charge in [-0.2, -0.15) is 0 Å². The molecule has 0 bridgehead atoms. The number of anilines is 6. The fourth-order valence-corrected chi connectivity index (χ4v) is 7.81. The number of nitrogens with zero attached hydrogens (tertiary/aromatic N) is 4. The Morgan fingerprint density at radius 2 is 0.571 bits per heavy atom. The summed E-state index contributed by atoms with van der Waals surface area (Å²) in [5.41, 5.74) is 14.9. The monoisotopic (exact) mass is 734 g/mol. The van der Waals surface area contributed by atoms with Crippen molar-refractivity contribution in [1.82, 2.24) is 9.80 Å². The van der Waals surface area contributed by atoms with E-state index in [0.29, 0.717) is 35.6 Å². The number of amides is 2. The summed E-state index contributed by atoms with van der Waals surface area (Å²) in [5, 5.41) is 0. The normalized spacial score (nSPS) is 13.9. The molecule has 56 heavy (non-hydrogen) atoms. The molecule has 0 saturated heterocycles. The molecular weight excluding hydrogens is 689 g/mol. The Balaban J connectivity index is 1.20. The summed E-state index contributed by atoms with van der Waals surface area (Å²) in [6, 6.07) is 50.5. The maximum atomic E-state index is 14.4. The van der Waals surface area contributed by atoms with Crippen molar-refractivity contribution in [1.29, 1.82) is 0 Å². The maximum Gasteiger partial charge on any atom is 0.261 e. The molecule has 0 atom stereocenters. The lowest BCUT2D eigenvalue weighted by molar-refractivity contribution is -0.124. The van der Waals surface area contributed by atoms with Gasteiger partial charge < -0.3 is 19.6 Å². The Morgan fingerprint density at radius 3 is 0.786 bits per heavy atom. The predicted molar refractivity (Wildman–Crippen MR) is 230 cm³/mol. The van der Waals surface area contributed by atoms with Crippen LogP contribution in [0, 0.1) is 27.7 Å². The third-order valence-corrected chi connectivity index (χ3v) is 10.8. The smallest absolute Gasteiger partial charge is 0.261 e. The van der Waals surface area contributed by atoms with Gasteiger partial charge in [-0.1, -0.05) is 95.1 Å². The van der Waals surface area contributed by atoms with Crippen LogP contribution in [0.15, 0.2) is 157 Å². The van der Waals surface area contributed by atoms with Crippen LogP contribution in [0.5, 0.6) is 0 Å². The average molecular weight is 735 g/mol. The molecule has 0 fully saturated rings. The fraction of sp³-hybridized carbons (Fsp3) is 0.160. The summed E-state index contributed by atoms with van der Waals surface area (Å²) >= 11 is 0. The molecule has 2 aliphatic heterocycles. The number of carbonyl (C=O) groups excluding carboxylic acids is 2. The molecule has 0 radical (unpaired) electrons. The number of hydrogen-bond donors (Lipinski definition) is 0. The molecule has 6 aromatic rings. The lowest BCUT2D eigenvalue weighted by Gasteiger charge is -2.27. The fourth-order valence-electron chi connectivity index (χ4n) is 7.81. The molecule has 0 spiro atoms. The highest BCUT2D eigenvalue weighted by Gasteiger charge is 2.48. The summed E-state index contributed by atoms with van der Waals surface area (Å²) in [5.74, 6) is -0.293. The molecule has 6 heteroatoms. The van der Waals surface area contributed by atoms with Crippen molar-refractivity contribution < 1.29 is 9.59 Å². The summed E-state index contributed by atoms with van der Waals surface area (Å²) in [6.45, 7) is 13.2. The largest absolute Gasteiger partial charge is 0.311 e. The highest BCUT2D eigenvalue weighted by Crippen LogP contribution is 2.47. The van der Waals surface area contributed by atoms with Crippen LogP contribution in [0.25, 0.3) is 11.4 Å². The SMILES string of the molecule is CCN1C(=O)C2=C(c3ccc(N(c4ccc(C)cc4)c4ccc(C)cc4)cc3)N(CC)C(=O)C2=C1c1ccc(N(c2ccc(C)cc2)c2ccc(C)cc2)cc1. The van der Waals surface area contributed by atoms with Gasteiger partial charge in [0.2, 0.25) is 0 Å². The third kappa shape index (κ3) is 6.47. The highest BCUT2D eigenvalue weighted by atomic mass is 16.2. The van der Waals surface area contributed by atoms with Crippen LogP contribution in [0.2, 0.25) is 0 Å². The number of hydrogen-bond acceptors (Lipinski definition) is 4. The Kier molecular flexibility index (Phi) is 9.65. The van der Waals surface area contributed by atoms with E-state index in [1.165, 1.54) is 22.3 Å². The first kappa shape index (κ1) is 36.3. The first-order valence-electron chi connectivity index (χ1n) is 19.4. The van der Waals surface area contributed by atoms with Crippen molar-refractivity contribution in [3.8, 4) is 0 Å². The van der Waals surface area contributed by atoms with E-state index in [-0.39, 0.29) is 11.8 Å². The minimum atomic E-state index is -0.146. The first-order chi connectivity index (χ1) is 27.2. The standard InChI is InChI=1S/C50H46N4O2/c1-7-51-47(37-17-29-43(30-18-37)53(39-21-9-33(3)10-22-39)40-23-11-34(4)12-24-40)45-46(49(51)55)48(52(8-2)50(45)56)38-19-31-44(32-20-38)54(41-25-13-35(5)14-26-41)42-27-15-36(6)16-28-42/h9-32H,7-8H2,1-6H3. The van der Waals surface area contributed by atoms with E-state index >= 15 is 0 Å². The molecule has 0 unspecified atom stereocenters. The third-order valence-electron chi connectivity index (χ3n) is 10.8. The maximum absolute atomic E-state index is 14.4. The van der Waals surface area contributed by atoms with Crippen molar-refractivity contribution in [2.24, 2.45) is 0 Å². The summed E-state index contributed by atoms with van der Waals surface area (Å²) in [4.78, 5) is 36.8. The average Bonchev–Trinajstić information content (AvgIpc) is 3.68. The van der Waals surface area contributed by atoms with Crippen molar-refractivity contribution in [2.45, 2.75) is 41.5 Å². The summed E-state index contributed by atoms with van der Waals surface area (Å²) in [7, 11) is 0. The van der Waals surface area contributed by atoms with Crippen LogP contribution < -0.4 is 9.80 Å². The van der Waals surface area contributed by atoms with Gasteiger partial charge in [0, 0.05) is 47.2 Å². The van der Waals surface area contributed by atoms with Crippen molar-refractivity contribution >= 4 is 57.3 Å². The lowest BCUT2D eigenvalue weighted by Crippen LogP contribution is -2.29. The first-order valence-corrected chi connectivity index (χ1v) is 19.4. The molecule has 0 saturated carbocycles. The quantitative estimate of drug-likeness (QED) is 0.141. The van der Waals surface area contributed by atoms with Crippen molar-refractivity contribution in [3.63, 3.8) is 0 Å². The Bertz CT molecular complexity index is 2210. The van der Waals surface area contributed by atoms with Crippen LogP contribution in [-0.4, -0.2) is 34.7 Å². The van der Waals surface area contributed by atoms with E-state index in [0.717, 1.165) is 45.3 Å². The van der Waals surface area contributed by atoms with E-state index in [1.54, 1.807) is 9.80 Å². The van der Waals surface area contributed by atoms with E-state index in [1.807, 2.05) is 38.1 Å². The van der Waals surface area contributed by atoms with Gasteiger partial charge in [0.05, 0.1) is 22.5 Å². The molecule has 2 amide bonds.